The highest BCUT2D eigenvalue weighted by Gasteiger charge is 2.15. The van der Waals surface area contributed by atoms with Gasteiger partial charge >= 0.3 is 0 Å². The van der Waals surface area contributed by atoms with Gasteiger partial charge in [0, 0.05) is 23.0 Å². The molecule has 6 nitrogen and oxygen atoms in total. The van der Waals surface area contributed by atoms with E-state index in [0.29, 0.717) is 17.1 Å². The number of phenols is 2. The Balaban J connectivity index is 1.92. The predicted molar refractivity (Wildman–Crippen MR) is 100.0 cm³/mol. The number of pyridine rings is 1. The Kier molecular flexibility index (Phi) is 3.78. The molecule has 2 aromatic carbocycles. The minimum absolute atomic E-state index is 0.172. The van der Waals surface area contributed by atoms with E-state index in [2.05, 4.69) is 10.1 Å². The molecule has 26 heavy (non-hydrogen) atoms. The smallest absolute Gasteiger partial charge is 0.158 e. The fourth-order valence-electron chi connectivity index (χ4n) is 2.76. The number of hydrogen-bond donors (Lipinski definition) is 3. The lowest BCUT2D eigenvalue weighted by Gasteiger charge is -2.07. The zero-order valence-electron chi connectivity index (χ0n) is 13.7. The van der Waals surface area contributed by atoms with Gasteiger partial charge in [-0.2, -0.15) is 5.10 Å². The zero-order valence-corrected chi connectivity index (χ0v) is 13.7. The summed E-state index contributed by atoms with van der Waals surface area (Å²) in [7, 11) is 0. The van der Waals surface area contributed by atoms with Crippen molar-refractivity contribution in [2.24, 2.45) is 0 Å². The maximum absolute atomic E-state index is 9.87. The number of aromatic nitrogens is 3. The largest absolute Gasteiger partial charge is 0.504 e. The van der Waals surface area contributed by atoms with Crippen LogP contribution in [0.2, 0.25) is 0 Å². The summed E-state index contributed by atoms with van der Waals surface area (Å²) in [6.07, 6.45) is 1.69. The summed E-state index contributed by atoms with van der Waals surface area (Å²) in [4.78, 5) is 4.36. The molecule has 0 unspecified atom stereocenters. The van der Waals surface area contributed by atoms with Gasteiger partial charge in [0.15, 0.2) is 17.3 Å². The van der Waals surface area contributed by atoms with Crippen molar-refractivity contribution in [3.63, 3.8) is 0 Å². The van der Waals surface area contributed by atoms with Crippen LogP contribution in [0.3, 0.4) is 0 Å². The van der Waals surface area contributed by atoms with Gasteiger partial charge < -0.3 is 15.9 Å². The number of nitrogens with two attached hydrogens (primary N) is 1. The molecule has 0 spiro atoms. The van der Waals surface area contributed by atoms with Gasteiger partial charge in [0.25, 0.3) is 0 Å². The van der Waals surface area contributed by atoms with E-state index >= 15 is 0 Å². The Morgan fingerprint density at radius 1 is 0.808 bits per heavy atom. The summed E-state index contributed by atoms with van der Waals surface area (Å²) in [5.74, 6) is 0.278. The molecule has 0 amide bonds. The van der Waals surface area contributed by atoms with E-state index in [1.165, 1.54) is 12.1 Å². The number of phenolic OH excluding ortho intramolecular Hbond substituents is 2. The summed E-state index contributed by atoms with van der Waals surface area (Å²) in [6, 6.07) is 19.6. The van der Waals surface area contributed by atoms with Crippen LogP contribution in [0.15, 0.2) is 72.9 Å². The highest BCUT2D eigenvalue weighted by Crippen LogP contribution is 2.33. The molecule has 2 heterocycles. The van der Waals surface area contributed by atoms with Gasteiger partial charge in [0.2, 0.25) is 0 Å². The summed E-state index contributed by atoms with van der Waals surface area (Å²) >= 11 is 0. The topological polar surface area (TPSA) is 97.2 Å². The third-order valence-electron chi connectivity index (χ3n) is 4.03. The summed E-state index contributed by atoms with van der Waals surface area (Å²) in [5, 5.41) is 24.1. The molecule has 4 rings (SSSR count). The van der Waals surface area contributed by atoms with Crippen LogP contribution < -0.4 is 5.73 Å². The fourth-order valence-corrected chi connectivity index (χ4v) is 2.76. The van der Waals surface area contributed by atoms with Crippen molar-refractivity contribution < 1.29 is 10.2 Å². The van der Waals surface area contributed by atoms with Crippen LogP contribution in [0.4, 0.5) is 5.69 Å². The minimum Gasteiger partial charge on any atom is -0.504 e. The van der Waals surface area contributed by atoms with Crippen LogP contribution in [0.25, 0.3) is 28.3 Å². The van der Waals surface area contributed by atoms with Gasteiger partial charge in [0.05, 0.1) is 11.4 Å². The molecule has 0 bridgehead atoms. The first kappa shape index (κ1) is 15.7. The maximum Gasteiger partial charge on any atom is 0.158 e. The molecule has 2 aromatic heterocycles. The number of hydrogen-bond acceptors (Lipinski definition) is 5. The standard InChI is InChI=1S/C20H16N4O2/c21-15-5-3-4-13(10-15)16-12-17(14-7-8-18(25)19(26)11-14)24(23-16)20-6-1-2-9-22-20/h1-12,25-26H,21H2. The second kappa shape index (κ2) is 6.25. The van der Waals surface area contributed by atoms with Crippen molar-refractivity contribution >= 4 is 5.69 Å². The van der Waals surface area contributed by atoms with Crippen molar-refractivity contribution in [3.05, 3.63) is 72.9 Å². The van der Waals surface area contributed by atoms with Crippen LogP contribution in [-0.2, 0) is 0 Å². The zero-order chi connectivity index (χ0) is 18.1. The molecule has 0 fully saturated rings. The molecule has 0 aliphatic heterocycles. The van der Waals surface area contributed by atoms with Crippen molar-refractivity contribution in [1.29, 1.82) is 0 Å². The number of aromatic hydroxyl groups is 2. The lowest BCUT2D eigenvalue weighted by molar-refractivity contribution is 0.404. The minimum atomic E-state index is -0.193. The molecule has 0 radical (unpaired) electrons. The number of rotatable bonds is 3. The predicted octanol–water partition coefficient (Wildman–Crippen LogP) is 3.59. The summed E-state index contributed by atoms with van der Waals surface area (Å²) in [5.41, 5.74) is 9.58. The molecule has 4 aromatic rings. The molecule has 6 heteroatoms. The lowest BCUT2D eigenvalue weighted by atomic mass is 10.1. The Labute approximate surface area is 149 Å². The van der Waals surface area contributed by atoms with Gasteiger partial charge in [-0.25, -0.2) is 9.67 Å². The number of benzene rings is 2. The monoisotopic (exact) mass is 344 g/mol. The van der Waals surface area contributed by atoms with Crippen molar-refractivity contribution in [3.8, 4) is 39.8 Å². The van der Waals surface area contributed by atoms with E-state index in [9.17, 15) is 10.2 Å². The fraction of sp³-hybridized carbons (Fsp3) is 0. The van der Waals surface area contributed by atoms with Crippen LogP contribution in [-0.4, -0.2) is 25.0 Å². The van der Waals surface area contributed by atoms with Crippen LogP contribution in [0.5, 0.6) is 11.5 Å². The molecule has 0 aliphatic carbocycles. The Morgan fingerprint density at radius 2 is 1.69 bits per heavy atom. The first-order chi connectivity index (χ1) is 12.6. The number of anilines is 1. The van der Waals surface area contributed by atoms with Crippen molar-refractivity contribution in [1.82, 2.24) is 14.8 Å². The Morgan fingerprint density at radius 3 is 2.42 bits per heavy atom. The van der Waals surface area contributed by atoms with Crippen molar-refractivity contribution in [2.45, 2.75) is 0 Å². The van der Waals surface area contributed by atoms with Gasteiger partial charge in [-0.1, -0.05) is 18.2 Å². The molecular formula is C20H16N4O2. The van der Waals surface area contributed by atoms with E-state index in [4.69, 9.17) is 5.73 Å². The second-order valence-corrected chi connectivity index (χ2v) is 5.84. The van der Waals surface area contributed by atoms with Crippen LogP contribution >= 0.6 is 0 Å². The van der Waals surface area contributed by atoms with E-state index < -0.39 is 0 Å². The van der Waals surface area contributed by atoms with Gasteiger partial charge in [0.1, 0.15) is 0 Å². The summed E-state index contributed by atoms with van der Waals surface area (Å²) in [6.45, 7) is 0. The average molecular weight is 344 g/mol. The van der Waals surface area contributed by atoms with Gasteiger partial charge in [-0.3, -0.25) is 0 Å². The normalized spacial score (nSPS) is 10.8. The molecule has 4 N–H and O–H groups in total. The second-order valence-electron chi connectivity index (χ2n) is 5.84. The molecule has 0 saturated heterocycles. The molecule has 0 atom stereocenters. The number of nitrogens with zero attached hydrogens (tertiary/aromatic N) is 3. The van der Waals surface area contributed by atoms with Gasteiger partial charge in [-0.05, 0) is 48.5 Å². The molecule has 0 saturated carbocycles. The quantitative estimate of drug-likeness (QED) is 0.390. The molecule has 0 aliphatic rings. The average Bonchev–Trinajstić information content (AvgIpc) is 3.10. The Bertz CT molecular complexity index is 1070. The highest BCUT2D eigenvalue weighted by molar-refractivity contribution is 5.73. The van der Waals surface area contributed by atoms with E-state index in [1.807, 2.05) is 48.5 Å². The van der Waals surface area contributed by atoms with Crippen LogP contribution in [0, 0.1) is 0 Å². The van der Waals surface area contributed by atoms with E-state index in [1.54, 1.807) is 16.9 Å². The van der Waals surface area contributed by atoms with Gasteiger partial charge in [-0.15, -0.1) is 0 Å². The highest BCUT2D eigenvalue weighted by atomic mass is 16.3. The van der Waals surface area contributed by atoms with E-state index in [0.717, 1.165) is 17.0 Å². The first-order valence-electron chi connectivity index (χ1n) is 8.01. The van der Waals surface area contributed by atoms with Crippen molar-refractivity contribution in [2.75, 3.05) is 5.73 Å². The molecular weight excluding hydrogens is 328 g/mol. The first-order valence-corrected chi connectivity index (χ1v) is 8.01. The number of nitrogen functional groups attached to an aromatic ring is 1. The van der Waals surface area contributed by atoms with E-state index in [-0.39, 0.29) is 11.5 Å². The SMILES string of the molecule is Nc1cccc(-c2cc(-c3ccc(O)c(O)c3)n(-c3ccccn3)n2)c1. The Hall–Kier alpha value is -3.80. The third kappa shape index (κ3) is 2.84. The summed E-state index contributed by atoms with van der Waals surface area (Å²) < 4.78 is 1.70. The third-order valence-corrected chi connectivity index (χ3v) is 4.03. The maximum atomic E-state index is 9.87. The lowest BCUT2D eigenvalue weighted by Crippen LogP contribution is -2.01. The molecule has 128 valence electrons. The van der Waals surface area contributed by atoms with Crippen LogP contribution in [0.1, 0.15) is 0 Å².